The van der Waals surface area contributed by atoms with Crippen LogP contribution in [0.3, 0.4) is 0 Å². The maximum atomic E-state index is 10.3. The molecule has 1 N–H and O–H groups in total. The summed E-state index contributed by atoms with van der Waals surface area (Å²) in [5.41, 5.74) is 0.972. The normalized spacial score (nSPS) is 21.1. The van der Waals surface area contributed by atoms with Crippen LogP contribution in [0.5, 0.6) is 11.5 Å². The third kappa shape index (κ3) is 3.63. The summed E-state index contributed by atoms with van der Waals surface area (Å²) in [5, 5.41) is 10.3. The van der Waals surface area contributed by atoms with Crippen LogP contribution in [0.2, 0.25) is 0 Å². The third-order valence-corrected chi connectivity index (χ3v) is 3.95. The van der Waals surface area contributed by atoms with Crippen LogP contribution in [0.15, 0.2) is 18.2 Å². The Balaban J connectivity index is 2.11. The predicted molar refractivity (Wildman–Crippen MR) is 77.6 cm³/mol. The zero-order valence-electron chi connectivity index (χ0n) is 12.1. The smallest absolute Gasteiger partial charge is 0.162 e. The summed E-state index contributed by atoms with van der Waals surface area (Å²) in [6, 6.07) is 6.38. The van der Waals surface area contributed by atoms with Gasteiger partial charge in [0.2, 0.25) is 0 Å². The molecule has 1 aliphatic rings. The van der Waals surface area contributed by atoms with Gasteiger partial charge in [-0.25, -0.2) is 0 Å². The molecule has 1 heterocycles. The van der Waals surface area contributed by atoms with Crippen LogP contribution in [-0.4, -0.2) is 29.2 Å². The minimum Gasteiger partial charge on any atom is -0.504 e. The van der Waals surface area contributed by atoms with Gasteiger partial charge in [-0.2, -0.15) is 0 Å². The zero-order valence-corrected chi connectivity index (χ0v) is 12.1. The Morgan fingerprint density at radius 3 is 2.95 bits per heavy atom. The second kappa shape index (κ2) is 6.80. The van der Waals surface area contributed by atoms with Crippen molar-refractivity contribution in [2.75, 3.05) is 13.2 Å². The van der Waals surface area contributed by atoms with Crippen molar-refractivity contribution in [3.63, 3.8) is 0 Å². The van der Waals surface area contributed by atoms with Gasteiger partial charge in [0.15, 0.2) is 11.5 Å². The lowest BCUT2D eigenvalue weighted by atomic mass is 10.1. The molecule has 1 unspecified atom stereocenters. The maximum absolute atomic E-state index is 10.3. The van der Waals surface area contributed by atoms with E-state index in [0.29, 0.717) is 24.1 Å². The molecule has 1 atom stereocenters. The Kier molecular flexibility index (Phi) is 5.08. The van der Waals surface area contributed by atoms with E-state index in [1.54, 1.807) is 0 Å². The number of hydrogen-bond acceptors (Lipinski definition) is 3. The molecule has 106 valence electrons. The van der Waals surface area contributed by atoms with Crippen LogP contribution >= 0.6 is 0 Å². The van der Waals surface area contributed by atoms with E-state index >= 15 is 0 Å². The van der Waals surface area contributed by atoms with Crippen LogP contribution in [0.25, 0.3) is 0 Å². The molecule has 0 spiro atoms. The molecule has 1 aromatic carbocycles. The predicted octanol–water partition coefficient (Wildman–Crippen LogP) is 3.56. The Morgan fingerprint density at radius 2 is 2.16 bits per heavy atom. The van der Waals surface area contributed by atoms with Gasteiger partial charge in [0, 0.05) is 18.2 Å². The van der Waals surface area contributed by atoms with Gasteiger partial charge in [-0.05, 0) is 39.3 Å². The van der Waals surface area contributed by atoms with Crippen molar-refractivity contribution in [3.8, 4) is 11.5 Å². The van der Waals surface area contributed by atoms with Crippen LogP contribution < -0.4 is 4.74 Å². The van der Waals surface area contributed by atoms with Crippen molar-refractivity contribution in [3.05, 3.63) is 23.8 Å². The molecule has 19 heavy (non-hydrogen) atoms. The summed E-state index contributed by atoms with van der Waals surface area (Å²) in [5.74, 6) is 0.906. The number of likely N-dealkylation sites (tertiary alicyclic amines) is 1. The number of nitrogens with zero attached hydrogens (tertiary/aromatic N) is 1. The molecule has 3 heteroatoms. The van der Waals surface area contributed by atoms with Gasteiger partial charge in [-0.3, -0.25) is 4.90 Å². The molecule has 1 aromatic rings. The van der Waals surface area contributed by atoms with Crippen molar-refractivity contribution in [2.45, 2.75) is 52.1 Å². The molecular weight excluding hydrogens is 238 g/mol. The van der Waals surface area contributed by atoms with E-state index < -0.39 is 0 Å². The first-order valence-corrected chi connectivity index (χ1v) is 7.40. The molecule has 0 saturated carbocycles. The maximum Gasteiger partial charge on any atom is 0.162 e. The average Bonchev–Trinajstić information content (AvgIpc) is 2.60. The Bertz CT molecular complexity index is 406. The summed E-state index contributed by atoms with van der Waals surface area (Å²) >= 11 is 0. The number of benzene rings is 1. The first-order chi connectivity index (χ1) is 9.22. The number of phenolic OH excluding ortho intramolecular Hbond substituents is 1. The van der Waals surface area contributed by atoms with Crippen molar-refractivity contribution < 1.29 is 9.84 Å². The number of aromatic hydroxyl groups is 1. The van der Waals surface area contributed by atoms with E-state index in [0.717, 1.165) is 18.7 Å². The minimum absolute atomic E-state index is 0.306. The molecule has 0 radical (unpaired) electrons. The van der Waals surface area contributed by atoms with E-state index in [1.807, 2.05) is 25.1 Å². The summed E-state index contributed by atoms with van der Waals surface area (Å²) in [6.45, 7) is 6.74. The Labute approximate surface area is 116 Å². The fraction of sp³-hybridized carbons (Fsp3) is 0.625. The van der Waals surface area contributed by atoms with E-state index in [-0.39, 0.29) is 0 Å². The zero-order chi connectivity index (χ0) is 13.7. The number of rotatable bonds is 4. The van der Waals surface area contributed by atoms with E-state index in [9.17, 15) is 5.11 Å². The highest BCUT2D eigenvalue weighted by atomic mass is 16.5. The molecule has 0 bridgehead atoms. The van der Waals surface area contributed by atoms with Gasteiger partial charge in [-0.1, -0.05) is 25.0 Å². The molecular formula is C16H25NO2. The number of phenols is 1. The molecule has 2 rings (SSSR count). The first-order valence-electron chi connectivity index (χ1n) is 7.40. The fourth-order valence-electron chi connectivity index (χ4n) is 2.76. The van der Waals surface area contributed by atoms with E-state index in [2.05, 4.69) is 11.8 Å². The molecule has 1 aliphatic heterocycles. The van der Waals surface area contributed by atoms with Crippen molar-refractivity contribution in [1.82, 2.24) is 4.90 Å². The SMILES string of the molecule is CCOc1cccc(CN2CCCCCC2C)c1O. The molecule has 1 fully saturated rings. The van der Waals surface area contributed by atoms with Gasteiger partial charge < -0.3 is 9.84 Å². The van der Waals surface area contributed by atoms with Crippen LogP contribution in [-0.2, 0) is 6.54 Å². The second-order valence-corrected chi connectivity index (χ2v) is 5.37. The van der Waals surface area contributed by atoms with Crippen molar-refractivity contribution >= 4 is 0 Å². The lowest BCUT2D eigenvalue weighted by Gasteiger charge is -2.27. The molecule has 0 amide bonds. The second-order valence-electron chi connectivity index (χ2n) is 5.37. The number of hydrogen-bond donors (Lipinski definition) is 1. The van der Waals surface area contributed by atoms with E-state index in [4.69, 9.17) is 4.74 Å². The van der Waals surface area contributed by atoms with Crippen LogP contribution in [0.1, 0.15) is 45.1 Å². The monoisotopic (exact) mass is 263 g/mol. The highest BCUT2D eigenvalue weighted by Gasteiger charge is 2.19. The average molecular weight is 263 g/mol. The molecule has 0 aliphatic carbocycles. The number of ether oxygens (including phenoxy) is 1. The summed E-state index contributed by atoms with van der Waals surface area (Å²) in [7, 11) is 0. The summed E-state index contributed by atoms with van der Waals surface area (Å²) < 4.78 is 5.45. The highest BCUT2D eigenvalue weighted by Crippen LogP contribution is 2.31. The third-order valence-electron chi connectivity index (χ3n) is 3.95. The van der Waals surface area contributed by atoms with Gasteiger partial charge in [0.1, 0.15) is 0 Å². The van der Waals surface area contributed by atoms with Gasteiger partial charge in [0.05, 0.1) is 6.61 Å². The Morgan fingerprint density at radius 1 is 1.32 bits per heavy atom. The largest absolute Gasteiger partial charge is 0.504 e. The van der Waals surface area contributed by atoms with E-state index in [1.165, 1.54) is 25.7 Å². The lowest BCUT2D eigenvalue weighted by molar-refractivity contribution is 0.201. The topological polar surface area (TPSA) is 32.7 Å². The van der Waals surface area contributed by atoms with Gasteiger partial charge in [-0.15, -0.1) is 0 Å². The molecule has 1 saturated heterocycles. The van der Waals surface area contributed by atoms with Crippen LogP contribution in [0, 0.1) is 0 Å². The molecule has 0 aromatic heterocycles. The van der Waals surface area contributed by atoms with Crippen LogP contribution in [0.4, 0.5) is 0 Å². The molecule has 3 nitrogen and oxygen atoms in total. The number of para-hydroxylation sites is 1. The minimum atomic E-state index is 0.306. The lowest BCUT2D eigenvalue weighted by Crippen LogP contribution is -2.31. The van der Waals surface area contributed by atoms with Crippen molar-refractivity contribution in [2.24, 2.45) is 0 Å². The van der Waals surface area contributed by atoms with Gasteiger partial charge >= 0.3 is 0 Å². The standard InChI is InChI=1S/C16H25NO2/c1-3-19-15-10-7-9-14(16(15)18)12-17-11-6-4-5-8-13(17)2/h7,9-10,13,18H,3-6,8,11-12H2,1-2H3. The highest BCUT2D eigenvalue weighted by molar-refractivity contribution is 5.45. The Hall–Kier alpha value is -1.22. The van der Waals surface area contributed by atoms with Gasteiger partial charge in [0.25, 0.3) is 0 Å². The first kappa shape index (κ1) is 14.2. The quantitative estimate of drug-likeness (QED) is 0.901. The van der Waals surface area contributed by atoms with Crippen molar-refractivity contribution in [1.29, 1.82) is 0 Å². The summed E-state index contributed by atoms with van der Waals surface area (Å²) in [4.78, 5) is 2.47. The summed E-state index contributed by atoms with van der Waals surface area (Å²) in [6.07, 6.45) is 5.16. The fourth-order valence-corrected chi connectivity index (χ4v) is 2.76.